The predicted octanol–water partition coefficient (Wildman–Crippen LogP) is 7.22. The lowest BCUT2D eigenvalue weighted by Gasteiger charge is -2.32. The summed E-state index contributed by atoms with van der Waals surface area (Å²) < 4.78 is 38.0. The lowest BCUT2D eigenvalue weighted by molar-refractivity contribution is -0.147. The first-order valence-electron chi connectivity index (χ1n) is 12.2. The molecule has 2 aliphatic rings. The highest BCUT2D eigenvalue weighted by Gasteiger charge is 2.32. The van der Waals surface area contributed by atoms with Crippen LogP contribution in [-0.4, -0.2) is 42.2 Å². The number of alkyl halides is 3. The van der Waals surface area contributed by atoms with Gasteiger partial charge in [0.1, 0.15) is 0 Å². The molecule has 0 radical (unpaired) electrons. The fourth-order valence-electron chi connectivity index (χ4n) is 5.31. The normalized spacial score (nSPS) is 16.7. The van der Waals surface area contributed by atoms with Gasteiger partial charge < -0.3 is 5.32 Å². The van der Waals surface area contributed by atoms with Crippen molar-refractivity contribution in [3.8, 4) is 22.3 Å². The van der Waals surface area contributed by atoms with E-state index in [4.69, 9.17) is 0 Å². The van der Waals surface area contributed by atoms with Crippen molar-refractivity contribution in [1.29, 1.82) is 0 Å². The van der Waals surface area contributed by atoms with Gasteiger partial charge in [-0.2, -0.15) is 13.2 Å². The number of nitrogens with one attached hydrogen (secondary N) is 1. The van der Waals surface area contributed by atoms with E-state index in [1.807, 2.05) is 13.1 Å². The minimum absolute atomic E-state index is 0. The summed E-state index contributed by atoms with van der Waals surface area (Å²) in [6, 6.07) is 17.2. The van der Waals surface area contributed by atoms with Crippen LogP contribution in [0.1, 0.15) is 48.6 Å². The van der Waals surface area contributed by atoms with Crippen molar-refractivity contribution in [3.63, 3.8) is 0 Å². The van der Waals surface area contributed by atoms with Gasteiger partial charge in [0.2, 0.25) is 0 Å². The molecular formula is C30H34F3N3. The molecule has 1 saturated heterocycles. The molecule has 1 aromatic heterocycles. The minimum Gasteiger partial charge on any atom is -0.385 e. The van der Waals surface area contributed by atoms with Crippen LogP contribution >= 0.6 is 0 Å². The summed E-state index contributed by atoms with van der Waals surface area (Å²) in [6.07, 6.45) is 0.275. The maximum atomic E-state index is 12.7. The number of benzene rings is 2. The van der Waals surface area contributed by atoms with Gasteiger partial charge in [0.25, 0.3) is 0 Å². The zero-order valence-corrected chi connectivity index (χ0v) is 20.0. The molecule has 6 heteroatoms. The number of halogens is 3. The molecule has 5 rings (SSSR count). The largest absolute Gasteiger partial charge is 0.401 e. The van der Waals surface area contributed by atoms with Gasteiger partial charge in [-0.15, -0.1) is 0 Å². The molecule has 0 spiro atoms. The summed E-state index contributed by atoms with van der Waals surface area (Å²) in [6.45, 7) is 7.22. The smallest absolute Gasteiger partial charge is 0.385 e. The third kappa shape index (κ3) is 5.65. The lowest BCUT2D eigenvalue weighted by Crippen LogP contribution is -2.39. The van der Waals surface area contributed by atoms with Crippen LogP contribution in [0.25, 0.3) is 28.0 Å². The molecule has 0 atom stereocenters. The van der Waals surface area contributed by atoms with E-state index in [1.165, 1.54) is 21.6 Å². The van der Waals surface area contributed by atoms with Gasteiger partial charge in [0, 0.05) is 40.8 Å². The number of nitrogens with zero attached hydrogens (tertiary/aromatic N) is 2. The van der Waals surface area contributed by atoms with Crippen LogP contribution in [0.2, 0.25) is 0 Å². The molecule has 0 aliphatic carbocycles. The average molecular weight is 494 g/mol. The van der Waals surface area contributed by atoms with Gasteiger partial charge in [0.05, 0.1) is 6.54 Å². The zero-order valence-electron chi connectivity index (χ0n) is 20.0. The maximum absolute atomic E-state index is 12.7. The van der Waals surface area contributed by atoms with E-state index in [9.17, 15) is 13.2 Å². The molecule has 0 unspecified atom stereocenters. The summed E-state index contributed by atoms with van der Waals surface area (Å²) in [5.74, 6) is 0.306. The molecule has 0 saturated carbocycles. The molecule has 2 aromatic carbocycles. The molecule has 0 amide bonds. The van der Waals surface area contributed by atoms with Gasteiger partial charge in [-0.3, -0.25) is 9.88 Å². The molecule has 190 valence electrons. The van der Waals surface area contributed by atoms with E-state index < -0.39 is 12.7 Å². The van der Waals surface area contributed by atoms with Crippen molar-refractivity contribution >= 4 is 5.70 Å². The second-order valence-electron chi connectivity index (χ2n) is 9.67. The van der Waals surface area contributed by atoms with Gasteiger partial charge >= 0.3 is 6.18 Å². The van der Waals surface area contributed by atoms with Gasteiger partial charge in [0.15, 0.2) is 0 Å². The molecule has 3 nitrogen and oxygen atoms in total. The van der Waals surface area contributed by atoms with Crippen LogP contribution in [0.5, 0.6) is 0 Å². The highest BCUT2D eigenvalue weighted by Crippen LogP contribution is 2.34. The Hall–Kier alpha value is -3.12. The molecule has 1 fully saturated rings. The highest BCUT2D eigenvalue weighted by molar-refractivity contribution is 5.77. The highest BCUT2D eigenvalue weighted by atomic mass is 19.4. The van der Waals surface area contributed by atoms with E-state index in [-0.39, 0.29) is 7.43 Å². The van der Waals surface area contributed by atoms with E-state index in [2.05, 4.69) is 65.4 Å². The van der Waals surface area contributed by atoms with Crippen LogP contribution < -0.4 is 5.32 Å². The van der Waals surface area contributed by atoms with Crippen LogP contribution in [0, 0.1) is 6.92 Å². The summed E-state index contributed by atoms with van der Waals surface area (Å²) in [5.41, 5.74) is 10.1. The van der Waals surface area contributed by atoms with E-state index in [0.29, 0.717) is 19.0 Å². The first-order valence-corrected chi connectivity index (χ1v) is 12.2. The summed E-state index contributed by atoms with van der Waals surface area (Å²) >= 11 is 0. The van der Waals surface area contributed by atoms with Gasteiger partial charge in [-0.1, -0.05) is 56.5 Å². The van der Waals surface area contributed by atoms with Crippen LogP contribution in [0.15, 0.2) is 61.3 Å². The first kappa shape index (κ1) is 26.0. The van der Waals surface area contributed by atoms with E-state index >= 15 is 0 Å². The molecule has 1 N–H and O–H groups in total. The molecule has 0 bridgehead atoms. The Labute approximate surface area is 212 Å². The predicted molar refractivity (Wildman–Crippen MR) is 142 cm³/mol. The Balaban J connectivity index is 0.00000304. The summed E-state index contributed by atoms with van der Waals surface area (Å²) in [7, 11) is 0. The van der Waals surface area contributed by atoms with Crippen molar-refractivity contribution in [1.82, 2.24) is 15.2 Å². The monoisotopic (exact) mass is 493 g/mol. The second kappa shape index (κ2) is 10.5. The fourth-order valence-corrected chi connectivity index (χ4v) is 5.31. The van der Waals surface area contributed by atoms with Crippen molar-refractivity contribution < 1.29 is 13.2 Å². The zero-order chi connectivity index (χ0) is 24.6. The van der Waals surface area contributed by atoms with Crippen molar-refractivity contribution in [2.75, 3.05) is 26.2 Å². The Morgan fingerprint density at radius 1 is 0.972 bits per heavy atom. The number of fused-ring (bicyclic) bond motifs is 1. The number of rotatable bonds is 4. The Morgan fingerprint density at radius 3 is 2.36 bits per heavy atom. The molecular weight excluding hydrogens is 459 g/mol. The summed E-state index contributed by atoms with van der Waals surface area (Å²) in [4.78, 5) is 6.19. The van der Waals surface area contributed by atoms with E-state index in [0.717, 1.165) is 59.5 Å². The quantitative estimate of drug-likeness (QED) is 0.416. The lowest BCUT2D eigenvalue weighted by atomic mass is 9.88. The Kier molecular flexibility index (Phi) is 7.55. The standard InChI is InChI=1S/C29H30F3N3.CH4/c1-19-27-8-7-24(15-25(27)9-12-33-19)28-16-26(17-34-20(28)2)22-5-3-21(4-6-22)23-10-13-35(14-11-23)18-29(30,31)32;/h3-8,15-17,23,33H,1,9-14,18H2,2H3;1H4. The van der Waals surface area contributed by atoms with Gasteiger partial charge in [-0.05, 0) is 73.5 Å². The number of hydrogen-bond acceptors (Lipinski definition) is 3. The summed E-state index contributed by atoms with van der Waals surface area (Å²) in [5, 5.41) is 3.32. The average Bonchev–Trinajstić information content (AvgIpc) is 2.84. The Morgan fingerprint density at radius 2 is 1.67 bits per heavy atom. The number of likely N-dealkylation sites (tertiary alicyclic amines) is 1. The van der Waals surface area contributed by atoms with E-state index in [1.54, 1.807) is 0 Å². The van der Waals surface area contributed by atoms with Crippen molar-refractivity contribution in [2.24, 2.45) is 0 Å². The van der Waals surface area contributed by atoms with Gasteiger partial charge in [-0.25, -0.2) is 0 Å². The molecule has 2 aliphatic heterocycles. The van der Waals surface area contributed by atoms with Crippen LogP contribution in [-0.2, 0) is 6.42 Å². The number of piperidine rings is 1. The maximum Gasteiger partial charge on any atom is 0.401 e. The number of hydrogen-bond donors (Lipinski definition) is 1. The molecule has 36 heavy (non-hydrogen) atoms. The fraction of sp³-hybridized carbons (Fsp3) is 0.367. The number of pyridine rings is 1. The number of aryl methyl sites for hydroxylation is 1. The topological polar surface area (TPSA) is 28.2 Å². The minimum atomic E-state index is -4.12. The van der Waals surface area contributed by atoms with Crippen LogP contribution in [0.4, 0.5) is 13.2 Å². The van der Waals surface area contributed by atoms with Crippen molar-refractivity contribution in [2.45, 2.75) is 45.7 Å². The van der Waals surface area contributed by atoms with Crippen LogP contribution in [0.3, 0.4) is 0 Å². The Bertz CT molecular complexity index is 1220. The first-order chi connectivity index (χ1) is 16.8. The number of aromatic nitrogens is 1. The van der Waals surface area contributed by atoms with Crippen molar-refractivity contribution in [3.05, 3.63) is 83.7 Å². The third-order valence-electron chi connectivity index (χ3n) is 7.27. The third-order valence-corrected chi connectivity index (χ3v) is 7.27. The SMILES string of the molecule is C.C=C1NCCc2cc(-c3cc(-c4ccc(C5CCN(CC(F)(F)F)CC5)cc4)cnc3C)ccc21. The molecule has 3 heterocycles. The molecule has 3 aromatic rings. The second-order valence-corrected chi connectivity index (χ2v) is 9.67.